The fraction of sp³-hybridized carbons (Fsp3) is 0.0800. The van der Waals surface area contributed by atoms with Crippen LogP contribution >= 0.6 is 0 Å². The van der Waals surface area contributed by atoms with Crippen LogP contribution in [-0.4, -0.2) is 15.7 Å². The van der Waals surface area contributed by atoms with Crippen LogP contribution in [0.25, 0.3) is 10.9 Å². The second kappa shape index (κ2) is 7.66. The monoisotopic (exact) mass is 454 g/mol. The molecule has 0 radical (unpaired) electrons. The van der Waals surface area contributed by atoms with Gasteiger partial charge in [-0.25, -0.2) is 0 Å². The van der Waals surface area contributed by atoms with Gasteiger partial charge in [0.2, 0.25) is 11.7 Å². The number of carbonyl (C=O) groups is 1. The molecule has 9 heteroatoms. The van der Waals surface area contributed by atoms with Crippen molar-refractivity contribution in [3.63, 3.8) is 0 Å². The van der Waals surface area contributed by atoms with Crippen LogP contribution in [0, 0.1) is 10.1 Å². The van der Waals surface area contributed by atoms with Crippen molar-refractivity contribution in [2.45, 2.75) is 12.7 Å². The van der Waals surface area contributed by atoms with E-state index in [4.69, 9.17) is 9.47 Å². The third-order valence-electron chi connectivity index (χ3n) is 5.88. The number of nitrogens with one attached hydrogen (secondary N) is 3. The number of hydrogen-bond acceptors (Lipinski definition) is 7. The van der Waals surface area contributed by atoms with Gasteiger partial charge in [-0.15, -0.1) is 0 Å². The van der Waals surface area contributed by atoms with Gasteiger partial charge in [-0.3, -0.25) is 14.9 Å². The largest absolute Gasteiger partial charge is 0.489 e. The molecule has 4 aromatic rings. The summed E-state index contributed by atoms with van der Waals surface area (Å²) in [4.78, 5) is 27.1. The van der Waals surface area contributed by atoms with Gasteiger partial charge in [0.1, 0.15) is 18.1 Å². The molecule has 0 spiro atoms. The Labute approximate surface area is 193 Å². The Hall–Kier alpha value is -4.79. The molecule has 0 amide bonds. The molecule has 6 rings (SSSR count). The number of carbonyl (C=O) groups excluding carboxylic acids is 1. The lowest BCUT2D eigenvalue weighted by Crippen LogP contribution is -2.18. The lowest BCUT2D eigenvalue weighted by Gasteiger charge is -2.19. The molecule has 3 aromatic carbocycles. The normalized spacial score (nSPS) is 16.4. The topological polar surface area (TPSA) is 119 Å². The first-order valence-corrected chi connectivity index (χ1v) is 10.6. The molecule has 3 heterocycles. The van der Waals surface area contributed by atoms with Crippen LogP contribution < -0.4 is 15.4 Å². The Kier molecular flexibility index (Phi) is 4.48. The first-order chi connectivity index (χ1) is 16.6. The molecule has 34 heavy (non-hydrogen) atoms. The quantitative estimate of drug-likeness (QED) is 0.287. The van der Waals surface area contributed by atoms with E-state index in [1.54, 1.807) is 12.3 Å². The van der Waals surface area contributed by atoms with E-state index in [9.17, 15) is 14.9 Å². The number of H-pyrrole nitrogens is 1. The molecule has 168 valence electrons. The summed E-state index contributed by atoms with van der Waals surface area (Å²) in [7, 11) is 0. The Morgan fingerprint density at radius 2 is 1.85 bits per heavy atom. The Bertz CT molecular complexity index is 1490. The van der Waals surface area contributed by atoms with Gasteiger partial charge in [-0.1, -0.05) is 24.3 Å². The standard InChI is InChI=1S/C25H18N4O5/c30-23-22-25(28-21-11-15(29(31)32)7-9-20(21)27-22)34-24(23)18-12-26-19-8-6-14(10-17(18)19)13-33-16-4-2-1-3-5-16/h1-12,24,26-28H,13H2/t24-/m0/s1. The summed E-state index contributed by atoms with van der Waals surface area (Å²) in [6.07, 6.45) is 0.916. The number of aromatic amines is 1. The molecule has 0 bridgehead atoms. The minimum absolute atomic E-state index is 0.0557. The van der Waals surface area contributed by atoms with Crippen molar-refractivity contribution in [2.75, 3.05) is 10.6 Å². The molecule has 2 aliphatic rings. The zero-order valence-corrected chi connectivity index (χ0v) is 17.7. The van der Waals surface area contributed by atoms with Crippen LogP contribution in [0.4, 0.5) is 17.1 Å². The summed E-state index contributed by atoms with van der Waals surface area (Å²) in [5.41, 5.74) is 3.82. The first kappa shape index (κ1) is 19.9. The maximum absolute atomic E-state index is 13.2. The predicted molar refractivity (Wildman–Crippen MR) is 125 cm³/mol. The van der Waals surface area contributed by atoms with Crippen molar-refractivity contribution in [3.05, 3.63) is 106 Å². The highest BCUT2D eigenvalue weighted by Gasteiger charge is 2.40. The van der Waals surface area contributed by atoms with Crippen LogP contribution in [-0.2, 0) is 16.1 Å². The van der Waals surface area contributed by atoms with E-state index >= 15 is 0 Å². The Balaban J connectivity index is 1.26. The number of hydrogen-bond donors (Lipinski definition) is 3. The number of benzene rings is 3. The lowest BCUT2D eigenvalue weighted by molar-refractivity contribution is -0.384. The van der Waals surface area contributed by atoms with E-state index in [1.807, 2.05) is 48.5 Å². The van der Waals surface area contributed by atoms with Gasteiger partial charge < -0.3 is 25.1 Å². The highest BCUT2D eigenvalue weighted by Crippen LogP contribution is 2.42. The Morgan fingerprint density at radius 1 is 1.00 bits per heavy atom. The number of ketones is 1. The second-order valence-corrected chi connectivity index (χ2v) is 8.03. The van der Waals surface area contributed by atoms with Crippen molar-refractivity contribution >= 4 is 33.7 Å². The summed E-state index contributed by atoms with van der Waals surface area (Å²) < 4.78 is 11.9. The minimum Gasteiger partial charge on any atom is -0.489 e. The summed E-state index contributed by atoms with van der Waals surface area (Å²) in [6, 6.07) is 19.8. The highest BCUT2D eigenvalue weighted by atomic mass is 16.6. The molecule has 3 N–H and O–H groups in total. The number of para-hydroxylation sites is 1. The smallest absolute Gasteiger partial charge is 0.271 e. The third kappa shape index (κ3) is 3.30. The number of rotatable bonds is 5. The van der Waals surface area contributed by atoms with Crippen molar-refractivity contribution in [1.82, 2.24) is 4.98 Å². The molecule has 0 saturated heterocycles. The van der Waals surface area contributed by atoms with Crippen LogP contribution in [0.15, 0.2) is 84.5 Å². The van der Waals surface area contributed by atoms with Crippen LogP contribution in [0.5, 0.6) is 5.75 Å². The van der Waals surface area contributed by atoms with Crippen LogP contribution in [0.1, 0.15) is 17.2 Å². The van der Waals surface area contributed by atoms with Gasteiger partial charge in [-0.2, -0.15) is 0 Å². The van der Waals surface area contributed by atoms with Crippen molar-refractivity contribution in [1.29, 1.82) is 0 Å². The van der Waals surface area contributed by atoms with Gasteiger partial charge in [-0.05, 0) is 35.9 Å². The average Bonchev–Trinajstić information content (AvgIpc) is 3.41. The fourth-order valence-electron chi connectivity index (χ4n) is 4.18. The van der Waals surface area contributed by atoms with E-state index in [2.05, 4.69) is 15.6 Å². The molecular weight excluding hydrogens is 436 g/mol. The maximum Gasteiger partial charge on any atom is 0.271 e. The number of nitro groups is 1. The predicted octanol–water partition coefficient (Wildman–Crippen LogP) is 5.00. The lowest BCUT2D eigenvalue weighted by atomic mass is 10.0. The molecule has 9 nitrogen and oxygen atoms in total. The minimum atomic E-state index is -0.853. The number of nitro benzene ring substituents is 1. The summed E-state index contributed by atoms with van der Waals surface area (Å²) in [5, 5.41) is 18.0. The zero-order chi connectivity index (χ0) is 23.2. The number of nitrogens with zero attached hydrogens (tertiary/aromatic N) is 1. The number of fused-ring (bicyclic) bond motifs is 2. The van der Waals surface area contributed by atoms with Crippen molar-refractivity contribution < 1.29 is 19.2 Å². The molecule has 0 fully saturated rings. The molecule has 0 aliphatic carbocycles. The number of non-ortho nitro benzene ring substituents is 1. The van der Waals surface area contributed by atoms with Crippen molar-refractivity contribution in [2.24, 2.45) is 0 Å². The van der Waals surface area contributed by atoms with Gasteiger partial charge in [0, 0.05) is 34.8 Å². The molecular formula is C25H18N4O5. The number of anilines is 2. The van der Waals surface area contributed by atoms with E-state index in [1.165, 1.54) is 12.1 Å². The van der Waals surface area contributed by atoms with Crippen LogP contribution in [0.2, 0.25) is 0 Å². The summed E-state index contributed by atoms with van der Waals surface area (Å²) in [5.74, 6) is 0.805. The number of ether oxygens (including phenoxy) is 2. The molecule has 0 saturated carbocycles. The number of aromatic nitrogens is 1. The van der Waals surface area contributed by atoms with E-state index in [0.717, 1.165) is 22.2 Å². The third-order valence-corrected chi connectivity index (χ3v) is 5.88. The molecule has 1 atom stereocenters. The molecule has 0 unspecified atom stereocenters. The van der Waals surface area contributed by atoms with Gasteiger partial charge in [0.05, 0.1) is 16.3 Å². The van der Waals surface area contributed by atoms with Gasteiger partial charge in [0.25, 0.3) is 5.69 Å². The van der Waals surface area contributed by atoms with E-state index in [0.29, 0.717) is 29.2 Å². The van der Waals surface area contributed by atoms with E-state index < -0.39 is 11.0 Å². The maximum atomic E-state index is 13.2. The first-order valence-electron chi connectivity index (χ1n) is 10.6. The van der Waals surface area contributed by atoms with Crippen LogP contribution in [0.3, 0.4) is 0 Å². The summed E-state index contributed by atoms with van der Waals surface area (Å²) in [6.45, 7) is 0.385. The SMILES string of the molecule is O=C1C2=C(Nc3cc([N+](=O)[O-])ccc3N2)O[C@H]1c1c[nH]c2ccc(COc3ccccc3)cc12. The number of Topliss-reactive ketones (excluding diaryl/α,β-unsaturated/α-hetero) is 1. The van der Waals surface area contributed by atoms with Gasteiger partial charge in [0.15, 0.2) is 6.10 Å². The van der Waals surface area contributed by atoms with Gasteiger partial charge >= 0.3 is 0 Å². The van der Waals surface area contributed by atoms with Crippen molar-refractivity contribution in [3.8, 4) is 5.75 Å². The highest BCUT2D eigenvalue weighted by molar-refractivity contribution is 6.08. The fourth-order valence-corrected chi connectivity index (χ4v) is 4.18. The average molecular weight is 454 g/mol. The molecule has 1 aromatic heterocycles. The zero-order valence-electron chi connectivity index (χ0n) is 17.7. The Morgan fingerprint density at radius 3 is 2.68 bits per heavy atom. The second-order valence-electron chi connectivity index (χ2n) is 8.03. The molecule has 2 aliphatic heterocycles. The van der Waals surface area contributed by atoms with E-state index in [-0.39, 0.29) is 17.4 Å². The summed E-state index contributed by atoms with van der Waals surface area (Å²) >= 11 is 0.